The lowest BCUT2D eigenvalue weighted by atomic mass is 9.98. The quantitative estimate of drug-likeness (QED) is 0.608. The van der Waals surface area contributed by atoms with Crippen LogP contribution in [0, 0.1) is 20.8 Å². The molecule has 0 bridgehead atoms. The summed E-state index contributed by atoms with van der Waals surface area (Å²) in [4.78, 5) is 0.324. The van der Waals surface area contributed by atoms with E-state index in [1.54, 1.807) is 0 Å². The molecular formula is C17H18BrCl. The van der Waals surface area contributed by atoms with Crippen LogP contribution in [0.1, 0.15) is 32.6 Å². The molecular weight excluding hydrogens is 320 g/mol. The number of hydrogen-bond acceptors (Lipinski definition) is 0. The summed E-state index contributed by atoms with van der Waals surface area (Å²) in [5.74, 6) is 0. The zero-order valence-electron chi connectivity index (χ0n) is 11.5. The zero-order chi connectivity index (χ0) is 14.0. The largest absolute Gasteiger partial charge is 0.0840 e. The van der Waals surface area contributed by atoms with Crippen molar-refractivity contribution in [3.63, 3.8) is 0 Å². The van der Waals surface area contributed by atoms with E-state index in [-0.39, 0.29) is 0 Å². The van der Waals surface area contributed by atoms with E-state index in [0.29, 0.717) is 4.83 Å². The molecule has 0 heterocycles. The van der Waals surface area contributed by atoms with Crippen LogP contribution < -0.4 is 0 Å². The number of rotatable bonds is 3. The van der Waals surface area contributed by atoms with Crippen LogP contribution in [0.4, 0.5) is 0 Å². The van der Waals surface area contributed by atoms with Crippen LogP contribution in [-0.4, -0.2) is 0 Å². The number of aryl methyl sites for hydroxylation is 3. The van der Waals surface area contributed by atoms with Gasteiger partial charge in [-0.2, -0.15) is 0 Å². The Bertz CT molecular complexity index is 590. The minimum Gasteiger partial charge on any atom is -0.0840 e. The fourth-order valence-electron chi connectivity index (χ4n) is 2.30. The highest BCUT2D eigenvalue weighted by molar-refractivity contribution is 9.09. The first kappa shape index (κ1) is 14.6. The molecule has 2 aromatic carbocycles. The summed E-state index contributed by atoms with van der Waals surface area (Å²) in [5.41, 5.74) is 6.36. The average molecular weight is 338 g/mol. The molecule has 19 heavy (non-hydrogen) atoms. The van der Waals surface area contributed by atoms with Gasteiger partial charge in [-0.3, -0.25) is 0 Å². The molecule has 0 aliphatic rings. The van der Waals surface area contributed by atoms with Gasteiger partial charge in [0.25, 0.3) is 0 Å². The van der Waals surface area contributed by atoms with Crippen molar-refractivity contribution in [2.24, 2.45) is 0 Å². The smallest absolute Gasteiger partial charge is 0.0438 e. The minimum atomic E-state index is 0.324. The second-order valence-electron chi connectivity index (χ2n) is 5.12. The molecule has 2 aromatic rings. The summed E-state index contributed by atoms with van der Waals surface area (Å²) in [6.07, 6.45) is 0.990. The summed E-state index contributed by atoms with van der Waals surface area (Å²) in [5, 5.41) is 0.844. The normalized spacial score (nSPS) is 12.5. The van der Waals surface area contributed by atoms with Gasteiger partial charge in [0.05, 0.1) is 0 Å². The lowest BCUT2D eigenvalue weighted by Crippen LogP contribution is -1.99. The molecule has 1 atom stereocenters. The molecule has 2 rings (SSSR count). The Kier molecular flexibility index (Phi) is 4.70. The van der Waals surface area contributed by atoms with Crippen molar-refractivity contribution in [3.05, 3.63) is 69.2 Å². The van der Waals surface area contributed by atoms with Gasteiger partial charge in [0.2, 0.25) is 0 Å². The molecule has 0 aliphatic carbocycles. The Labute approximate surface area is 128 Å². The maximum absolute atomic E-state index is 6.16. The monoisotopic (exact) mass is 336 g/mol. The third-order valence-corrected chi connectivity index (χ3v) is 4.61. The van der Waals surface area contributed by atoms with Crippen LogP contribution in [0.15, 0.2) is 36.4 Å². The SMILES string of the molecule is Cc1cccc(CC(Br)c2cc(C)c(Cl)cc2C)c1. The van der Waals surface area contributed by atoms with E-state index in [1.807, 2.05) is 0 Å². The maximum Gasteiger partial charge on any atom is 0.0438 e. The molecule has 2 heteroatoms. The predicted molar refractivity (Wildman–Crippen MR) is 87.5 cm³/mol. The highest BCUT2D eigenvalue weighted by atomic mass is 79.9. The first-order chi connectivity index (χ1) is 8.97. The molecule has 0 amide bonds. The molecule has 0 aliphatic heterocycles. The number of halogens is 2. The molecule has 0 fully saturated rings. The fourth-order valence-corrected chi connectivity index (χ4v) is 3.38. The first-order valence-electron chi connectivity index (χ1n) is 6.43. The van der Waals surface area contributed by atoms with Crippen LogP contribution >= 0.6 is 27.5 Å². The Morgan fingerprint density at radius 2 is 1.79 bits per heavy atom. The molecule has 0 spiro atoms. The van der Waals surface area contributed by atoms with E-state index in [1.165, 1.54) is 22.3 Å². The van der Waals surface area contributed by atoms with Crippen molar-refractivity contribution in [1.29, 1.82) is 0 Å². The Morgan fingerprint density at radius 3 is 2.47 bits per heavy atom. The lowest BCUT2D eigenvalue weighted by molar-refractivity contribution is 0.934. The molecule has 0 radical (unpaired) electrons. The van der Waals surface area contributed by atoms with Gasteiger partial charge >= 0.3 is 0 Å². The second kappa shape index (κ2) is 6.11. The van der Waals surface area contributed by atoms with E-state index in [9.17, 15) is 0 Å². The van der Waals surface area contributed by atoms with Crippen LogP contribution in [0.5, 0.6) is 0 Å². The number of hydrogen-bond donors (Lipinski definition) is 0. The first-order valence-corrected chi connectivity index (χ1v) is 7.73. The van der Waals surface area contributed by atoms with E-state index >= 15 is 0 Å². The van der Waals surface area contributed by atoms with Crippen molar-refractivity contribution in [2.45, 2.75) is 32.0 Å². The topological polar surface area (TPSA) is 0 Å². The average Bonchev–Trinajstić information content (AvgIpc) is 2.33. The summed E-state index contributed by atoms with van der Waals surface area (Å²) >= 11 is 9.97. The van der Waals surface area contributed by atoms with E-state index < -0.39 is 0 Å². The van der Waals surface area contributed by atoms with Gasteiger partial charge in [0, 0.05) is 9.85 Å². The van der Waals surface area contributed by atoms with E-state index in [0.717, 1.165) is 17.0 Å². The maximum atomic E-state index is 6.16. The van der Waals surface area contributed by atoms with Gasteiger partial charge in [0.15, 0.2) is 0 Å². The van der Waals surface area contributed by atoms with Crippen molar-refractivity contribution in [1.82, 2.24) is 0 Å². The number of alkyl halides is 1. The third kappa shape index (κ3) is 3.61. The van der Waals surface area contributed by atoms with Gasteiger partial charge in [-0.25, -0.2) is 0 Å². The summed E-state index contributed by atoms with van der Waals surface area (Å²) in [6.45, 7) is 6.30. The van der Waals surface area contributed by atoms with Gasteiger partial charge in [-0.05, 0) is 55.5 Å². The van der Waals surface area contributed by atoms with Crippen LogP contribution in [0.3, 0.4) is 0 Å². The molecule has 1 unspecified atom stereocenters. The van der Waals surface area contributed by atoms with E-state index in [4.69, 9.17) is 11.6 Å². The Hall–Kier alpha value is -0.790. The third-order valence-electron chi connectivity index (χ3n) is 3.38. The second-order valence-corrected chi connectivity index (χ2v) is 6.63. The molecule has 100 valence electrons. The van der Waals surface area contributed by atoms with Crippen LogP contribution in [-0.2, 0) is 6.42 Å². The van der Waals surface area contributed by atoms with E-state index in [2.05, 4.69) is 73.1 Å². The molecule has 0 saturated carbocycles. The van der Waals surface area contributed by atoms with Crippen LogP contribution in [0.25, 0.3) is 0 Å². The standard InChI is InChI=1S/C17H18BrCl/c1-11-5-4-6-14(7-11)10-16(18)15-8-13(3)17(19)9-12(15)2/h4-9,16H,10H2,1-3H3. The molecule has 0 N–H and O–H groups in total. The van der Waals surface area contributed by atoms with Gasteiger partial charge < -0.3 is 0 Å². The summed E-state index contributed by atoms with van der Waals surface area (Å²) in [6, 6.07) is 12.9. The van der Waals surface area contributed by atoms with Crippen molar-refractivity contribution < 1.29 is 0 Å². The highest BCUT2D eigenvalue weighted by Gasteiger charge is 2.13. The molecule has 0 nitrogen and oxygen atoms in total. The minimum absolute atomic E-state index is 0.324. The predicted octanol–water partition coefficient (Wildman–Crippen LogP) is 5.94. The Morgan fingerprint density at radius 1 is 1.05 bits per heavy atom. The summed E-state index contributed by atoms with van der Waals surface area (Å²) in [7, 11) is 0. The highest BCUT2D eigenvalue weighted by Crippen LogP contribution is 2.32. The van der Waals surface area contributed by atoms with Gasteiger partial charge in [-0.1, -0.05) is 63.4 Å². The van der Waals surface area contributed by atoms with Gasteiger partial charge in [0.1, 0.15) is 0 Å². The zero-order valence-corrected chi connectivity index (χ0v) is 13.8. The van der Waals surface area contributed by atoms with Crippen molar-refractivity contribution in [3.8, 4) is 0 Å². The van der Waals surface area contributed by atoms with Crippen molar-refractivity contribution in [2.75, 3.05) is 0 Å². The molecule has 0 aromatic heterocycles. The fraction of sp³-hybridized carbons (Fsp3) is 0.294. The lowest BCUT2D eigenvalue weighted by Gasteiger charge is -2.15. The van der Waals surface area contributed by atoms with Gasteiger partial charge in [-0.15, -0.1) is 0 Å². The summed E-state index contributed by atoms with van der Waals surface area (Å²) < 4.78 is 0. The molecule has 0 saturated heterocycles. The Balaban J connectivity index is 2.25. The van der Waals surface area contributed by atoms with Crippen molar-refractivity contribution >= 4 is 27.5 Å². The van der Waals surface area contributed by atoms with Crippen LogP contribution in [0.2, 0.25) is 5.02 Å². The number of benzene rings is 2.